The summed E-state index contributed by atoms with van der Waals surface area (Å²) in [5.41, 5.74) is 2.42. The van der Waals surface area contributed by atoms with Gasteiger partial charge in [0.2, 0.25) is 0 Å². The van der Waals surface area contributed by atoms with Crippen LogP contribution in [0.25, 0.3) is 0 Å². The Kier molecular flexibility index (Phi) is 7.32. The van der Waals surface area contributed by atoms with E-state index in [4.69, 9.17) is 9.73 Å². The fraction of sp³-hybridized carbons (Fsp3) is 0.387. The molecule has 2 unspecified atom stereocenters. The van der Waals surface area contributed by atoms with Gasteiger partial charge in [-0.25, -0.2) is 4.99 Å². The van der Waals surface area contributed by atoms with Crippen LogP contribution in [0.5, 0.6) is 5.75 Å². The molecule has 0 bridgehead atoms. The number of anilines is 2. The predicted octanol–water partition coefficient (Wildman–Crippen LogP) is 4.36. The van der Waals surface area contributed by atoms with Crippen LogP contribution in [0.15, 0.2) is 77.3 Å². The molecule has 0 radical (unpaired) electrons. The minimum atomic E-state index is -0.957. The predicted molar refractivity (Wildman–Crippen MR) is 156 cm³/mol. The number of aliphatic imine (C=N–C) groups is 1. The summed E-state index contributed by atoms with van der Waals surface area (Å²) >= 11 is 0. The van der Waals surface area contributed by atoms with Crippen molar-refractivity contribution in [1.29, 1.82) is 0 Å². The number of fused-ring (bicyclic) bond motifs is 1. The minimum absolute atomic E-state index is 0.159. The molecule has 1 amide bonds. The number of hydrogen-bond acceptors (Lipinski definition) is 7. The molecule has 3 heterocycles. The summed E-state index contributed by atoms with van der Waals surface area (Å²) in [5, 5.41) is 3.44. The number of para-hydroxylation sites is 1. The van der Waals surface area contributed by atoms with Crippen molar-refractivity contribution in [3.05, 3.63) is 77.9 Å². The lowest BCUT2D eigenvalue weighted by molar-refractivity contribution is -0.126. The van der Waals surface area contributed by atoms with Crippen molar-refractivity contribution in [2.45, 2.75) is 45.5 Å². The summed E-state index contributed by atoms with van der Waals surface area (Å²) < 4.78 is 6.25. The van der Waals surface area contributed by atoms with Crippen LogP contribution in [0.3, 0.4) is 0 Å². The van der Waals surface area contributed by atoms with E-state index >= 15 is 0 Å². The smallest absolute Gasteiger partial charge is 0.253 e. The first-order valence-corrected chi connectivity index (χ1v) is 13.6. The van der Waals surface area contributed by atoms with Gasteiger partial charge in [0.05, 0.1) is 5.56 Å². The quantitative estimate of drug-likeness (QED) is 0.623. The average Bonchev–Trinajstić information content (AvgIpc) is 2.91. The zero-order chi connectivity index (χ0) is 27.7. The van der Waals surface area contributed by atoms with Crippen molar-refractivity contribution < 1.29 is 14.3 Å². The number of amidine groups is 1. The molecule has 0 aromatic heterocycles. The van der Waals surface area contributed by atoms with Gasteiger partial charge in [-0.3, -0.25) is 14.5 Å². The number of carbonyl (C=O) groups excluding carboxylic acids is 2. The number of allylic oxidation sites excluding steroid dienone is 1. The maximum Gasteiger partial charge on any atom is 0.253 e. The van der Waals surface area contributed by atoms with Crippen LogP contribution in [-0.4, -0.2) is 78.4 Å². The van der Waals surface area contributed by atoms with Gasteiger partial charge in [0.15, 0.2) is 5.78 Å². The molecule has 0 saturated carbocycles. The number of nitrogens with zero attached hydrogens (tertiary/aromatic N) is 4. The molecule has 8 nitrogen and oxygen atoms in total. The lowest BCUT2D eigenvalue weighted by atomic mass is 9.85. The van der Waals surface area contributed by atoms with Crippen LogP contribution in [-0.2, 0) is 4.79 Å². The second-order valence-electron chi connectivity index (χ2n) is 10.9. The molecule has 0 spiro atoms. The molecule has 3 aliphatic heterocycles. The molecule has 1 N–H and O–H groups in total. The first-order valence-electron chi connectivity index (χ1n) is 13.6. The summed E-state index contributed by atoms with van der Waals surface area (Å²) in [6.07, 6.45) is 4.79. The highest BCUT2D eigenvalue weighted by molar-refractivity contribution is 6.19. The Bertz CT molecular complexity index is 1340. The number of rotatable bonds is 5. The molecule has 5 rings (SSSR count). The second kappa shape index (κ2) is 10.7. The van der Waals surface area contributed by atoms with Crippen molar-refractivity contribution in [2.24, 2.45) is 4.99 Å². The fourth-order valence-corrected chi connectivity index (χ4v) is 5.45. The van der Waals surface area contributed by atoms with Gasteiger partial charge in [0.25, 0.3) is 5.91 Å². The van der Waals surface area contributed by atoms with E-state index in [-0.39, 0.29) is 17.9 Å². The molecule has 2 aromatic rings. The van der Waals surface area contributed by atoms with E-state index in [0.717, 1.165) is 37.4 Å². The monoisotopic (exact) mass is 527 g/mol. The molecular weight excluding hydrogens is 490 g/mol. The molecule has 0 aliphatic carbocycles. The van der Waals surface area contributed by atoms with Crippen molar-refractivity contribution in [2.75, 3.05) is 43.4 Å². The number of ketones is 1. The number of piperazine rings is 1. The topological polar surface area (TPSA) is 77.5 Å². The Morgan fingerprint density at radius 1 is 1.03 bits per heavy atom. The van der Waals surface area contributed by atoms with E-state index in [0.29, 0.717) is 17.1 Å². The number of ether oxygens (including phenoxy) is 1. The van der Waals surface area contributed by atoms with Gasteiger partial charge in [-0.2, -0.15) is 0 Å². The summed E-state index contributed by atoms with van der Waals surface area (Å²) in [5.74, 6) is 0.531. The third kappa shape index (κ3) is 5.34. The van der Waals surface area contributed by atoms with Gasteiger partial charge in [-0.1, -0.05) is 18.2 Å². The summed E-state index contributed by atoms with van der Waals surface area (Å²) in [7, 11) is 2.15. The molecule has 1 saturated heterocycles. The minimum Gasteiger partial charge on any atom is -0.484 e. The normalized spacial score (nSPS) is 24.1. The number of nitrogens with one attached hydrogen (secondary N) is 1. The van der Waals surface area contributed by atoms with Crippen LogP contribution in [0, 0.1) is 0 Å². The molecule has 3 aliphatic rings. The molecule has 204 valence electrons. The van der Waals surface area contributed by atoms with E-state index in [1.807, 2.05) is 39.8 Å². The van der Waals surface area contributed by atoms with Crippen LogP contribution < -0.4 is 15.0 Å². The van der Waals surface area contributed by atoms with Crippen molar-refractivity contribution in [3.63, 3.8) is 0 Å². The lowest BCUT2D eigenvalue weighted by Gasteiger charge is -2.45. The molecule has 1 fully saturated rings. The van der Waals surface area contributed by atoms with Crippen molar-refractivity contribution >= 4 is 28.9 Å². The Labute approximate surface area is 230 Å². The summed E-state index contributed by atoms with van der Waals surface area (Å²) in [4.78, 5) is 38.3. The Morgan fingerprint density at radius 2 is 1.72 bits per heavy atom. The largest absolute Gasteiger partial charge is 0.484 e. The van der Waals surface area contributed by atoms with Gasteiger partial charge >= 0.3 is 0 Å². The number of benzene rings is 2. The van der Waals surface area contributed by atoms with Crippen molar-refractivity contribution in [3.8, 4) is 5.75 Å². The summed E-state index contributed by atoms with van der Waals surface area (Å²) in [6.45, 7) is 11.7. The standard InChI is InChI=1S/C31H37N5O3/c1-6-22-11-16-27(37)36(29-28(38)25-9-7-8-10-26(25)39-31(29,3)4)30(22)33-21(2)32-23-12-14-24(15-13-23)35-19-17-34(5)18-20-35/h6-16,21,29,32H,17-20H2,1-5H3/b22-6-,33-30+. The maximum atomic E-state index is 13.8. The third-order valence-corrected chi connectivity index (χ3v) is 7.56. The van der Waals surface area contributed by atoms with Crippen LogP contribution in [0.4, 0.5) is 11.4 Å². The van der Waals surface area contributed by atoms with E-state index in [9.17, 15) is 9.59 Å². The molecule has 2 atom stereocenters. The first-order chi connectivity index (χ1) is 18.7. The molecule has 2 aromatic carbocycles. The number of hydrogen-bond donors (Lipinski definition) is 1. The highest BCUT2D eigenvalue weighted by atomic mass is 16.5. The van der Waals surface area contributed by atoms with Gasteiger partial charge in [0, 0.05) is 49.2 Å². The second-order valence-corrected chi connectivity index (χ2v) is 10.9. The number of likely N-dealkylation sites (N-methyl/N-ethyl adjacent to an activating group) is 1. The number of Topliss-reactive ketones (excluding diaryl/α,β-unsaturated/α-hetero) is 1. The molecule has 39 heavy (non-hydrogen) atoms. The summed E-state index contributed by atoms with van der Waals surface area (Å²) in [6, 6.07) is 14.7. The van der Waals surface area contributed by atoms with E-state index in [1.165, 1.54) is 16.7 Å². The zero-order valence-electron chi connectivity index (χ0n) is 23.3. The van der Waals surface area contributed by atoms with E-state index in [1.54, 1.807) is 24.3 Å². The molecular formula is C31H37N5O3. The first kappa shape index (κ1) is 26.7. The average molecular weight is 528 g/mol. The Morgan fingerprint density at radius 3 is 2.41 bits per heavy atom. The molecule has 8 heteroatoms. The van der Waals surface area contributed by atoms with Crippen LogP contribution in [0.1, 0.15) is 38.1 Å². The van der Waals surface area contributed by atoms with E-state index < -0.39 is 11.6 Å². The third-order valence-electron chi connectivity index (χ3n) is 7.56. The Balaban J connectivity index is 1.41. The lowest BCUT2D eigenvalue weighted by Crippen LogP contribution is -2.63. The van der Waals surface area contributed by atoms with Gasteiger partial charge < -0.3 is 19.9 Å². The fourth-order valence-electron chi connectivity index (χ4n) is 5.45. The zero-order valence-corrected chi connectivity index (χ0v) is 23.3. The SMILES string of the molecule is C/C=C1/C=CC(=O)N(C2C(=O)c3ccccc3OC2(C)C)/C1=N/C(C)Nc1ccc(N2CCN(C)CC2)cc1. The number of amides is 1. The van der Waals surface area contributed by atoms with Gasteiger partial charge in [-0.15, -0.1) is 0 Å². The van der Waals surface area contributed by atoms with Crippen LogP contribution >= 0.6 is 0 Å². The Hall–Kier alpha value is -3.91. The highest BCUT2D eigenvalue weighted by Gasteiger charge is 2.50. The number of carbonyl (C=O) groups is 2. The van der Waals surface area contributed by atoms with E-state index in [2.05, 4.69) is 46.4 Å². The van der Waals surface area contributed by atoms with Crippen molar-refractivity contribution in [1.82, 2.24) is 9.80 Å². The van der Waals surface area contributed by atoms with Gasteiger partial charge in [-0.05, 0) is 77.2 Å². The van der Waals surface area contributed by atoms with Crippen LogP contribution in [0.2, 0.25) is 0 Å². The highest BCUT2D eigenvalue weighted by Crippen LogP contribution is 2.37. The van der Waals surface area contributed by atoms with Gasteiger partial charge in [0.1, 0.15) is 29.4 Å². The maximum absolute atomic E-state index is 13.8.